The number of halogens is 2. The lowest BCUT2D eigenvalue weighted by Crippen LogP contribution is -2.68. The number of benzene rings is 1. The van der Waals surface area contributed by atoms with Gasteiger partial charge in [-0.05, 0) is 75.5 Å². The molecule has 1 unspecified atom stereocenters. The SMILES string of the molecule is C=C(CC)[C@H]1N2CC(=O)N(CCCN(C)C)N=C2C[C@@H](C2C=CC=C(Cl)C2)[C@]12C(=O)Nc1cc(Cl)ccc12. The average molecular weight is 557 g/mol. The monoisotopic (exact) mass is 555 g/mol. The molecule has 202 valence electrons. The molecule has 1 aliphatic carbocycles. The number of carbonyl (C=O) groups is 2. The smallest absolute Gasteiger partial charge is 0.262 e. The summed E-state index contributed by atoms with van der Waals surface area (Å²) in [6.45, 7) is 8.09. The van der Waals surface area contributed by atoms with E-state index in [4.69, 9.17) is 28.3 Å². The van der Waals surface area contributed by atoms with Crippen LogP contribution in [0.15, 0.2) is 58.7 Å². The lowest BCUT2D eigenvalue weighted by molar-refractivity contribution is -0.136. The van der Waals surface area contributed by atoms with Crippen LogP contribution in [0.4, 0.5) is 5.69 Å². The van der Waals surface area contributed by atoms with Crippen molar-refractivity contribution >= 4 is 46.5 Å². The summed E-state index contributed by atoms with van der Waals surface area (Å²) in [5.41, 5.74) is 1.55. The van der Waals surface area contributed by atoms with E-state index in [2.05, 4.69) is 22.9 Å². The van der Waals surface area contributed by atoms with Gasteiger partial charge in [0.1, 0.15) is 17.8 Å². The first-order chi connectivity index (χ1) is 18.2. The standard InChI is InChI=1S/C29H35Cl2N5O2/c1-5-18(2)27-29(22-11-10-21(31)15-24(22)32-28(29)38)23(19-8-6-9-20(30)14-19)16-25-33-36(13-7-12-34(3)4)26(37)17-35(25)27/h6,8-11,15,19,23,27H,2,5,7,12-14,16-17H2,1,3-4H3,(H,32,38)/t19?,23-,27+,29-/m0/s1. The maximum Gasteiger partial charge on any atom is 0.262 e. The Morgan fingerprint density at radius 2 is 2.05 bits per heavy atom. The Kier molecular flexibility index (Phi) is 7.46. The van der Waals surface area contributed by atoms with Gasteiger partial charge in [-0.1, -0.05) is 60.5 Å². The second-order valence-electron chi connectivity index (χ2n) is 10.9. The minimum atomic E-state index is -0.969. The van der Waals surface area contributed by atoms with Crippen LogP contribution in [0.1, 0.15) is 38.2 Å². The first-order valence-electron chi connectivity index (χ1n) is 13.3. The molecule has 3 aliphatic heterocycles. The Hall–Kier alpha value is -2.61. The first kappa shape index (κ1) is 27.0. The van der Waals surface area contributed by atoms with Crippen LogP contribution in [0.25, 0.3) is 0 Å². The molecule has 3 heterocycles. The van der Waals surface area contributed by atoms with Crippen LogP contribution < -0.4 is 5.32 Å². The molecular weight excluding hydrogens is 521 g/mol. The van der Waals surface area contributed by atoms with Crippen LogP contribution in [0.3, 0.4) is 0 Å². The molecular formula is C29H35Cl2N5O2. The van der Waals surface area contributed by atoms with Crippen molar-refractivity contribution in [2.75, 3.05) is 39.0 Å². The van der Waals surface area contributed by atoms with Crippen LogP contribution >= 0.6 is 23.2 Å². The molecule has 38 heavy (non-hydrogen) atoms. The number of amidine groups is 1. The molecule has 1 spiro atoms. The van der Waals surface area contributed by atoms with E-state index in [1.165, 1.54) is 0 Å². The number of amides is 2. The van der Waals surface area contributed by atoms with Crippen molar-refractivity contribution in [3.05, 3.63) is 64.2 Å². The average Bonchev–Trinajstić information content (AvgIpc) is 3.14. The Balaban J connectivity index is 1.66. The second kappa shape index (κ2) is 10.5. The molecule has 1 saturated heterocycles. The van der Waals surface area contributed by atoms with E-state index in [1.807, 2.05) is 56.3 Å². The summed E-state index contributed by atoms with van der Waals surface area (Å²) in [5, 5.41) is 11.0. The van der Waals surface area contributed by atoms with Crippen molar-refractivity contribution in [1.29, 1.82) is 0 Å². The third kappa shape index (κ3) is 4.48. The molecule has 1 aromatic carbocycles. The zero-order valence-corrected chi connectivity index (χ0v) is 23.7. The fourth-order valence-electron chi connectivity index (χ4n) is 6.62. The van der Waals surface area contributed by atoms with E-state index >= 15 is 0 Å². The number of rotatable bonds is 7. The highest BCUT2D eigenvalue weighted by Crippen LogP contribution is 2.57. The summed E-state index contributed by atoms with van der Waals surface area (Å²) >= 11 is 12.9. The quantitative estimate of drug-likeness (QED) is 0.481. The number of allylic oxidation sites excluding steroid dienone is 4. The van der Waals surface area contributed by atoms with Crippen molar-refractivity contribution < 1.29 is 9.59 Å². The number of fused-ring (bicyclic) bond motifs is 3. The van der Waals surface area contributed by atoms with E-state index in [9.17, 15) is 9.59 Å². The summed E-state index contributed by atoms with van der Waals surface area (Å²) in [4.78, 5) is 31.8. The molecule has 4 aliphatic rings. The molecule has 0 saturated carbocycles. The predicted octanol–water partition coefficient (Wildman–Crippen LogP) is 4.99. The largest absolute Gasteiger partial charge is 0.341 e. The molecule has 0 bridgehead atoms. The Bertz CT molecular complexity index is 1260. The molecule has 0 aromatic heterocycles. The molecule has 2 amide bonds. The van der Waals surface area contributed by atoms with Crippen molar-refractivity contribution in [3.8, 4) is 0 Å². The third-order valence-electron chi connectivity index (χ3n) is 8.34. The van der Waals surface area contributed by atoms with Gasteiger partial charge < -0.3 is 15.1 Å². The minimum absolute atomic E-state index is 0.0108. The summed E-state index contributed by atoms with van der Waals surface area (Å²) in [6, 6.07) is 5.18. The first-order valence-corrected chi connectivity index (χ1v) is 14.0. The second-order valence-corrected chi connectivity index (χ2v) is 11.8. The summed E-state index contributed by atoms with van der Waals surface area (Å²) in [6.07, 6.45) is 8.73. The lowest BCUT2D eigenvalue weighted by Gasteiger charge is -2.56. The number of carbonyl (C=O) groups excluding carboxylic acids is 2. The van der Waals surface area contributed by atoms with E-state index in [-0.39, 0.29) is 30.2 Å². The molecule has 7 nitrogen and oxygen atoms in total. The van der Waals surface area contributed by atoms with Gasteiger partial charge in [0, 0.05) is 28.7 Å². The van der Waals surface area contributed by atoms with Gasteiger partial charge in [-0.15, -0.1) is 0 Å². The van der Waals surface area contributed by atoms with Crippen molar-refractivity contribution in [1.82, 2.24) is 14.8 Å². The summed E-state index contributed by atoms with van der Waals surface area (Å²) in [7, 11) is 4.04. The van der Waals surface area contributed by atoms with Gasteiger partial charge in [-0.25, -0.2) is 5.01 Å². The van der Waals surface area contributed by atoms with E-state index in [0.29, 0.717) is 30.8 Å². The van der Waals surface area contributed by atoms with Crippen LogP contribution in [0.2, 0.25) is 5.02 Å². The number of hydrogen-bond acceptors (Lipinski definition) is 5. The van der Waals surface area contributed by atoms with Gasteiger partial charge in [-0.2, -0.15) is 5.10 Å². The fraction of sp³-hybridized carbons (Fsp3) is 0.483. The van der Waals surface area contributed by atoms with Gasteiger partial charge in [0.25, 0.3) is 5.91 Å². The highest BCUT2D eigenvalue weighted by molar-refractivity contribution is 6.31. The van der Waals surface area contributed by atoms with Crippen LogP contribution in [0, 0.1) is 11.8 Å². The van der Waals surface area contributed by atoms with E-state index in [0.717, 1.165) is 40.7 Å². The van der Waals surface area contributed by atoms with Crippen molar-refractivity contribution in [2.45, 2.75) is 44.1 Å². The molecule has 1 fully saturated rings. The third-order valence-corrected chi connectivity index (χ3v) is 8.86. The number of anilines is 1. The molecule has 1 N–H and O–H groups in total. The Morgan fingerprint density at radius 3 is 2.76 bits per heavy atom. The van der Waals surface area contributed by atoms with Crippen molar-refractivity contribution in [2.24, 2.45) is 16.9 Å². The summed E-state index contributed by atoms with van der Waals surface area (Å²) in [5.74, 6) is 0.547. The Morgan fingerprint density at radius 1 is 1.26 bits per heavy atom. The molecule has 1 aromatic rings. The number of nitrogens with one attached hydrogen (secondary N) is 1. The summed E-state index contributed by atoms with van der Waals surface area (Å²) < 4.78 is 0. The molecule has 5 rings (SSSR count). The number of hydrogen-bond donors (Lipinski definition) is 1. The van der Waals surface area contributed by atoms with Gasteiger partial charge in [0.15, 0.2) is 0 Å². The number of nitrogens with zero attached hydrogens (tertiary/aromatic N) is 4. The number of piperidine rings is 1. The molecule has 9 heteroatoms. The highest BCUT2D eigenvalue weighted by atomic mass is 35.5. The molecule has 0 radical (unpaired) electrons. The normalized spacial score (nSPS) is 28.3. The van der Waals surface area contributed by atoms with Gasteiger partial charge in [0.2, 0.25) is 5.91 Å². The lowest BCUT2D eigenvalue weighted by atomic mass is 9.56. The van der Waals surface area contributed by atoms with Crippen LogP contribution in [-0.4, -0.2) is 72.2 Å². The predicted molar refractivity (Wildman–Crippen MR) is 153 cm³/mol. The zero-order valence-electron chi connectivity index (χ0n) is 22.2. The fourth-order valence-corrected chi connectivity index (χ4v) is 7.04. The van der Waals surface area contributed by atoms with Gasteiger partial charge in [0.05, 0.1) is 6.04 Å². The zero-order chi connectivity index (χ0) is 27.2. The van der Waals surface area contributed by atoms with E-state index < -0.39 is 11.5 Å². The van der Waals surface area contributed by atoms with Gasteiger partial charge in [-0.3, -0.25) is 9.59 Å². The maximum atomic E-state index is 14.3. The topological polar surface area (TPSA) is 68.2 Å². The van der Waals surface area contributed by atoms with Crippen molar-refractivity contribution in [3.63, 3.8) is 0 Å². The maximum absolute atomic E-state index is 14.3. The molecule has 4 atom stereocenters. The highest BCUT2D eigenvalue weighted by Gasteiger charge is 2.64. The van der Waals surface area contributed by atoms with Crippen LogP contribution in [-0.2, 0) is 15.0 Å². The van der Waals surface area contributed by atoms with Crippen LogP contribution in [0.5, 0.6) is 0 Å². The number of hydrazone groups is 1. The van der Waals surface area contributed by atoms with Gasteiger partial charge >= 0.3 is 0 Å². The van der Waals surface area contributed by atoms with E-state index in [1.54, 1.807) is 5.01 Å². The minimum Gasteiger partial charge on any atom is -0.341 e. The Labute approximate surface area is 234 Å².